The Kier molecular flexibility index (Phi) is 4.54. The third-order valence-electron chi connectivity index (χ3n) is 3.26. The fourth-order valence-corrected chi connectivity index (χ4v) is 1.57. The van der Waals surface area contributed by atoms with Gasteiger partial charge in [0.1, 0.15) is 0 Å². The van der Waals surface area contributed by atoms with Crippen LogP contribution in [0.1, 0.15) is 26.2 Å². The van der Waals surface area contributed by atoms with Crippen LogP contribution in [0.25, 0.3) is 0 Å². The van der Waals surface area contributed by atoms with Crippen molar-refractivity contribution in [2.45, 2.75) is 32.2 Å². The highest BCUT2D eigenvalue weighted by molar-refractivity contribution is 5.81. The van der Waals surface area contributed by atoms with Crippen molar-refractivity contribution in [1.29, 1.82) is 0 Å². The monoisotopic (exact) mass is 214 g/mol. The number of carbonyl (C=O) groups is 1. The van der Waals surface area contributed by atoms with Gasteiger partial charge in [-0.15, -0.1) is 0 Å². The van der Waals surface area contributed by atoms with Crippen LogP contribution in [0.2, 0.25) is 0 Å². The van der Waals surface area contributed by atoms with Crippen LogP contribution in [0.15, 0.2) is 0 Å². The first-order valence-electron chi connectivity index (χ1n) is 5.57. The van der Waals surface area contributed by atoms with Gasteiger partial charge in [0.25, 0.3) is 0 Å². The van der Waals surface area contributed by atoms with E-state index in [0.29, 0.717) is 5.41 Å². The molecule has 0 spiro atoms. The number of carbonyl (C=O) groups excluding carboxylic acids is 1. The van der Waals surface area contributed by atoms with E-state index >= 15 is 0 Å². The van der Waals surface area contributed by atoms with Gasteiger partial charge >= 0.3 is 0 Å². The summed E-state index contributed by atoms with van der Waals surface area (Å²) in [5.74, 6) is 0.0844. The van der Waals surface area contributed by atoms with Crippen molar-refractivity contribution < 1.29 is 9.53 Å². The van der Waals surface area contributed by atoms with Crippen molar-refractivity contribution in [3.8, 4) is 0 Å². The summed E-state index contributed by atoms with van der Waals surface area (Å²) >= 11 is 0. The number of amides is 1. The van der Waals surface area contributed by atoms with E-state index in [1.807, 2.05) is 6.92 Å². The van der Waals surface area contributed by atoms with Crippen molar-refractivity contribution in [1.82, 2.24) is 10.6 Å². The second-order valence-electron chi connectivity index (χ2n) is 4.47. The summed E-state index contributed by atoms with van der Waals surface area (Å²) in [6, 6.07) is -0.108. The summed E-state index contributed by atoms with van der Waals surface area (Å²) in [5.41, 5.74) is 0.332. The summed E-state index contributed by atoms with van der Waals surface area (Å²) in [6.45, 7) is 3.45. The third kappa shape index (κ3) is 3.80. The molecule has 0 bridgehead atoms. The minimum absolute atomic E-state index is 0.0844. The van der Waals surface area contributed by atoms with Crippen molar-refractivity contribution in [2.75, 3.05) is 27.3 Å². The average Bonchev–Trinajstić information content (AvgIpc) is 3.03. The van der Waals surface area contributed by atoms with Crippen LogP contribution >= 0.6 is 0 Å². The first-order chi connectivity index (χ1) is 7.13. The van der Waals surface area contributed by atoms with E-state index < -0.39 is 0 Å². The van der Waals surface area contributed by atoms with E-state index in [2.05, 4.69) is 10.6 Å². The summed E-state index contributed by atoms with van der Waals surface area (Å²) in [6.07, 6.45) is 3.48. The normalized spacial score (nSPS) is 19.7. The summed E-state index contributed by atoms with van der Waals surface area (Å²) in [7, 11) is 3.51. The largest absolute Gasteiger partial charge is 0.385 e. The lowest BCUT2D eigenvalue weighted by molar-refractivity contribution is -0.122. The molecule has 0 saturated heterocycles. The van der Waals surface area contributed by atoms with Crippen LogP contribution in [0.4, 0.5) is 0 Å². The minimum Gasteiger partial charge on any atom is -0.385 e. The maximum atomic E-state index is 11.5. The molecule has 0 aromatic heterocycles. The molecule has 1 amide bonds. The Bertz CT molecular complexity index is 215. The van der Waals surface area contributed by atoms with E-state index in [4.69, 9.17) is 4.74 Å². The number of hydrogen-bond acceptors (Lipinski definition) is 3. The van der Waals surface area contributed by atoms with Crippen LogP contribution in [0, 0.1) is 5.41 Å². The van der Waals surface area contributed by atoms with E-state index in [9.17, 15) is 4.79 Å². The molecule has 15 heavy (non-hydrogen) atoms. The molecular formula is C11H22N2O2. The number of nitrogens with one attached hydrogen (secondary N) is 2. The lowest BCUT2D eigenvalue weighted by Crippen LogP contribution is -2.42. The molecule has 0 aromatic carbocycles. The third-order valence-corrected chi connectivity index (χ3v) is 3.26. The van der Waals surface area contributed by atoms with Gasteiger partial charge in [0.05, 0.1) is 6.04 Å². The molecule has 4 nitrogen and oxygen atoms in total. The average molecular weight is 214 g/mol. The molecule has 0 heterocycles. The van der Waals surface area contributed by atoms with Gasteiger partial charge in [-0.2, -0.15) is 0 Å². The highest BCUT2D eigenvalue weighted by Gasteiger charge is 2.42. The molecule has 4 heteroatoms. The molecule has 0 aliphatic heterocycles. The predicted octanol–water partition coefficient (Wildman–Crippen LogP) is 0.527. The van der Waals surface area contributed by atoms with Gasteiger partial charge in [0, 0.05) is 20.3 Å². The molecule has 1 aliphatic rings. The van der Waals surface area contributed by atoms with Crippen LogP contribution < -0.4 is 10.6 Å². The van der Waals surface area contributed by atoms with Crippen molar-refractivity contribution >= 4 is 5.91 Å². The quantitative estimate of drug-likeness (QED) is 0.650. The highest BCUT2D eigenvalue weighted by atomic mass is 16.5. The van der Waals surface area contributed by atoms with Gasteiger partial charge in [-0.3, -0.25) is 4.79 Å². The van der Waals surface area contributed by atoms with Gasteiger partial charge in [-0.05, 0) is 38.6 Å². The van der Waals surface area contributed by atoms with Gasteiger partial charge in [-0.1, -0.05) is 0 Å². The van der Waals surface area contributed by atoms with Gasteiger partial charge in [0.2, 0.25) is 5.91 Å². The summed E-state index contributed by atoms with van der Waals surface area (Å²) in [5, 5.41) is 5.92. The Morgan fingerprint density at radius 2 is 2.20 bits per heavy atom. The maximum absolute atomic E-state index is 11.5. The number of methoxy groups -OCH3 is 1. The second kappa shape index (κ2) is 5.47. The zero-order valence-corrected chi connectivity index (χ0v) is 9.93. The lowest BCUT2D eigenvalue weighted by atomic mass is 10.0. The Balaban J connectivity index is 2.21. The van der Waals surface area contributed by atoms with Gasteiger partial charge in [0.15, 0.2) is 0 Å². The number of hydrogen-bond donors (Lipinski definition) is 2. The molecule has 0 aromatic rings. The Morgan fingerprint density at radius 1 is 1.53 bits per heavy atom. The van der Waals surface area contributed by atoms with E-state index in [-0.39, 0.29) is 11.9 Å². The number of ether oxygens (including phenoxy) is 1. The van der Waals surface area contributed by atoms with Gasteiger partial charge < -0.3 is 15.4 Å². The molecule has 0 radical (unpaired) electrons. The first-order valence-corrected chi connectivity index (χ1v) is 5.57. The standard InChI is InChI=1S/C11H22N2O2/c1-9(12-2)10(14)13-8-11(4-5-11)6-7-15-3/h9,12H,4-8H2,1-3H3,(H,13,14). The Hall–Kier alpha value is -0.610. The van der Waals surface area contributed by atoms with E-state index in [1.165, 1.54) is 12.8 Å². The Labute approximate surface area is 91.8 Å². The fourth-order valence-electron chi connectivity index (χ4n) is 1.57. The van der Waals surface area contributed by atoms with Crippen LogP contribution in [0.5, 0.6) is 0 Å². The Morgan fingerprint density at radius 3 is 2.67 bits per heavy atom. The van der Waals surface area contributed by atoms with E-state index in [1.54, 1.807) is 14.2 Å². The summed E-state index contributed by atoms with van der Waals surface area (Å²) < 4.78 is 5.07. The van der Waals surface area contributed by atoms with Crippen LogP contribution in [-0.2, 0) is 9.53 Å². The molecule has 88 valence electrons. The van der Waals surface area contributed by atoms with Crippen LogP contribution in [-0.4, -0.2) is 39.3 Å². The number of likely N-dealkylation sites (N-methyl/N-ethyl adjacent to an activating group) is 1. The van der Waals surface area contributed by atoms with Crippen molar-refractivity contribution in [2.24, 2.45) is 5.41 Å². The first kappa shape index (κ1) is 12.5. The van der Waals surface area contributed by atoms with Crippen molar-refractivity contribution in [3.63, 3.8) is 0 Å². The van der Waals surface area contributed by atoms with Gasteiger partial charge in [-0.25, -0.2) is 0 Å². The zero-order valence-electron chi connectivity index (χ0n) is 9.93. The molecular weight excluding hydrogens is 192 g/mol. The second-order valence-corrected chi connectivity index (χ2v) is 4.47. The fraction of sp³-hybridized carbons (Fsp3) is 0.909. The smallest absolute Gasteiger partial charge is 0.236 e. The summed E-state index contributed by atoms with van der Waals surface area (Å²) in [4.78, 5) is 11.5. The lowest BCUT2D eigenvalue weighted by Gasteiger charge is -2.17. The molecule has 1 rings (SSSR count). The highest BCUT2D eigenvalue weighted by Crippen LogP contribution is 2.48. The maximum Gasteiger partial charge on any atom is 0.236 e. The minimum atomic E-state index is -0.108. The predicted molar refractivity (Wildman–Crippen MR) is 59.7 cm³/mol. The molecule has 1 unspecified atom stereocenters. The number of rotatable bonds is 7. The van der Waals surface area contributed by atoms with Crippen molar-refractivity contribution in [3.05, 3.63) is 0 Å². The van der Waals surface area contributed by atoms with Crippen LogP contribution in [0.3, 0.4) is 0 Å². The molecule has 2 N–H and O–H groups in total. The topological polar surface area (TPSA) is 50.4 Å². The van der Waals surface area contributed by atoms with E-state index in [0.717, 1.165) is 19.6 Å². The molecule has 1 atom stereocenters. The molecule has 1 saturated carbocycles. The molecule has 1 aliphatic carbocycles. The SMILES string of the molecule is CNC(C)C(=O)NCC1(CCOC)CC1. The zero-order chi connectivity index (χ0) is 11.3. The molecule has 1 fully saturated rings.